The summed E-state index contributed by atoms with van der Waals surface area (Å²) in [6.07, 6.45) is -3.05. The molecule has 0 spiro atoms. The number of halogens is 4. The lowest BCUT2D eigenvalue weighted by molar-refractivity contribution is -0.137. The van der Waals surface area contributed by atoms with Gasteiger partial charge in [0.05, 0.1) is 10.6 Å². The maximum absolute atomic E-state index is 13.0. The van der Waals surface area contributed by atoms with Crippen molar-refractivity contribution in [2.45, 2.75) is 11.1 Å². The Morgan fingerprint density at radius 2 is 1.80 bits per heavy atom. The number of hydrogen-bond acceptors (Lipinski definition) is 5. The van der Waals surface area contributed by atoms with Gasteiger partial charge in [-0.15, -0.1) is 0 Å². The summed E-state index contributed by atoms with van der Waals surface area (Å²) in [7, 11) is 1.51. The highest BCUT2D eigenvalue weighted by Crippen LogP contribution is 2.37. The van der Waals surface area contributed by atoms with Crippen LogP contribution in [0.2, 0.25) is 5.02 Å². The van der Waals surface area contributed by atoms with Crippen LogP contribution >= 0.6 is 23.5 Å². The number of amides is 1. The lowest BCUT2D eigenvalue weighted by atomic mass is 10.2. The summed E-state index contributed by atoms with van der Waals surface area (Å²) in [5.74, 6) is 0.637. The predicted molar refractivity (Wildman–Crippen MR) is 110 cm³/mol. The number of carbonyl (C=O) groups excluding carboxylic acids is 1. The van der Waals surface area contributed by atoms with Gasteiger partial charge < -0.3 is 14.8 Å². The molecule has 0 aliphatic carbocycles. The molecular weight excluding hydrogens is 439 g/mol. The van der Waals surface area contributed by atoms with E-state index in [0.717, 1.165) is 18.0 Å². The van der Waals surface area contributed by atoms with Gasteiger partial charge in [-0.2, -0.15) is 13.2 Å². The minimum absolute atomic E-state index is 0.228. The first-order chi connectivity index (χ1) is 14.3. The molecule has 30 heavy (non-hydrogen) atoms. The molecule has 5 nitrogen and oxygen atoms in total. The van der Waals surface area contributed by atoms with Crippen LogP contribution in [0, 0.1) is 0 Å². The van der Waals surface area contributed by atoms with Gasteiger partial charge >= 0.3 is 6.18 Å². The van der Waals surface area contributed by atoms with Gasteiger partial charge in [0.25, 0.3) is 5.91 Å². The van der Waals surface area contributed by atoms with Crippen molar-refractivity contribution in [3.63, 3.8) is 0 Å². The van der Waals surface area contributed by atoms with Gasteiger partial charge in [-0.3, -0.25) is 9.78 Å². The zero-order valence-corrected chi connectivity index (χ0v) is 17.0. The second-order valence-corrected chi connectivity index (χ2v) is 7.21. The van der Waals surface area contributed by atoms with Gasteiger partial charge in [0.15, 0.2) is 0 Å². The first kappa shape index (κ1) is 21.8. The Balaban J connectivity index is 1.64. The fraction of sp³-hybridized carbons (Fsp3) is 0.100. The van der Waals surface area contributed by atoms with Gasteiger partial charge in [-0.05, 0) is 60.5 Å². The van der Waals surface area contributed by atoms with E-state index in [0.29, 0.717) is 22.1 Å². The van der Waals surface area contributed by atoms with E-state index >= 15 is 0 Å². The molecule has 0 bridgehead atoms. The molecule has 1 heterocycles. The van der Waals surface area contributed by atoms with Crippen molar-refractivity contribution < 1.29 is 22.7 Å². The normalized spacial score (nSPS) is 11.1. The van der Waals surface area contributed by atoms with Crippen LogP contribution in [0.25, 0.3) is 0 Å². The molecule has 1 aromatic heterocycles. The second-order valence-electron chi connectivity index (χ2n) is 5.93. The van der Waals surface area contributed by atoms with Gasteiger partial charge in [0.2, 0.25) is 0 Å². The highest BCUT2D eigenvalue weighted by Gasteiger charge is 2.33. The molecular formula is C20H15ClF3N3O2S. The fourth-order valence-corrected chi connectivity index (χ4v) is 3.27. The summed E-state index contributed by atoms with van der Waals surface area (Å²) in [6.45, 7) is 0. The molecule has 3 rings (SSSR count). The minimum atomic E-state index is -4.52. The van der Waals surface area contributed by atoms with E-state index < -0.39 is 11.7 Å². The summed E-state index contributed by atoms with van der Waals surface area (Å²) in [5.41, 5.74) is 0.00991. The molecule has 0 aliphatic heterocycles. The zero-order valence-electron chi connectivity index (χ0n) is 15.5. The Labute approximate surface area is 179 Å². The van der Waals surface area contributed by atoms with E-state index in [4.69, 9.17) is 16.3 Å². The van der Waals surface area contributed by atoms with Crippen LogP contribution in [0.1, 0.15) is 16.1 Å². The quantitative estimate of drug-likeness (QED) is 0.446. The smallest absolute Gasteiger partial charge is 0.417 e. The van der Waals surface area contributed by atoms with Crippen molar-refractivity contribution in [3.05, 3.63) is 77.1 Å². The molecule has 1 amide bonds. The van der Waals surface area contributed by atoms with Crippen molar-refractivity contribution in [3.8, 4) is 11.5 Å². The van der Waals surface area contributed by atoms with Crippen LogP contribution in [0.5, 0.6) is 11.5 Å². The molecule has 0 saturated carbocycles. The average molecular weight is 454 g/mol. The van der Waals surface area contributed by atoms with Crippen molar-refractivity contribution in [2.75, 3.05) is 11.8 Å². The Morgan fingerprint density at radius 3 is 2.47 bits per heavy atom. The average Bonchev–Trinajstić information content (AvgIpc) is 2.73. The summed E-state index contributed by atoms with van der Waals surface area (Å²) in [4.78, 5) is 16.0. The van der Waals surface area contributed by atoms with E-state index in [1.54, 1.807) is 30.3 Å². The predicted octanol–water partition coefficient (Wildman–Crippen LogP) is 6.02. The number of pyridine rings is 1. The largest absolute Gasteiger partial charge is 0.457 e. The fourth-order valence-electron chi connectivity index (χ4n) is 2.36. The Morgan fingerprint density at radius 1 is 1.07 bits per heavy atom. The van der Waals surface area contributed by atoms with Crippen LogP contribution in [0.3, 0.4) is 0 Å². The molecule has 2 N–H and O–H groups in total. The van der Waals surface area contributed by atoms with Crippen LogP contribution in [-0.2, 0) is 6.18 Å². The van der Waals surface area contributed by atoms with E-state index in [1.165, 1.54) is 31.4 Å². The zero-order chi connectivity index (χ0) is 21.7. The number of aromatic nitrogens is 1. The monoisotopic (exact) mass is 453 g/mol. The van der Waals surface area contributed by atoms with Crippen LogP contribution < -0.4 is 14.8 Å². The van der Waals surface area contributed by atoms with Crippen LogP contribution in [0.15, 0.2) is 65.7 Å². The minimum Gasteiger partial charge on any atom is -0.457 e. The van der Waals surface area contributed by atoms with E-state index in [1.807, 2.05) is 0 Å². The van der Waals surface area contributed by atoms with Gasteiger partial charge in [0.1, 0.15) is 17.2 Å². The van der Waals surface area contributed by atoms with Crippen molar-refractivity contribution >= 4 is 35.1 Å². The molecule has 0 saturated heterocycles. The number of hydrogen-bond donors (Lipinski definition) is 2. The SMILES string of the molecule is CNC(=O)c1cc(Oc2ccc(NSc3ccc(Cl)c(C(F)(F)F)c3)cc2)ccn1. The lowest BCUT2D eigenvalue weighted by Crippen LogP contribution is -2.18. The van der Waals surface area contributed by atoms with Gasteiger partial charge in [-0.1, -0.05) is 11.6 Å². The third kappa shape index (κ3) is 5.58. The summed E-state index contributed by atoms with van der Waals surface area (Å²) in [6, 6.07) is 13.6. The number of benzene rings is 2. The number of anilines is 1. The van der Waals surface area contributed by atoms with E-state index in [9.17, 15) is 18.0 Å². The number of nitrogens with zero attached hydrogens (tertiary/aromatic N) is 1. The van der Waals surface area contributed by atoms with Crippen molar-refractivity contribution in [1.29, 1.82) is 0 Å². The molecule has 0 atom stereocenters. The summed E-state index contributed by atoms with van der Waals surface area (Å²) < 4.78 is 47.5. The third-order valence-corrected chi connectivity index (χ3v) is 4.97. The molecule has 0 radical (unpaired) electrons. The maximum Gasteiger partial charge on any atom is 0.417 e. The molecule has 0 fully saturated rings. The van der Waals surface area contributed by atoms with Crippen LogP contribution in [0.4, 0.5) is 18.9 Å². The van der Waals surface area contributed by atoms with Gasteiger partial charge in [-0.25, -0.2) is 0 Å². The standard InChI is InChI=1S/C20H15ClF3N3O2S/c1-25-19(28)18-10-14(8-9-26-18)29-13-4-2-12(3-5-13)27-30-15-6-7-17(21)16(11-15)20(22,23)24/h2-11,27H,1H3,(H,25,28). The first-order valence-corrected chi connectivity index (χ1v) is 9.71. The van der Waals surface area contributed by atoms with E-state index in [2.05, 4.69) is 15.0 Å². The third-order valence-electron chi connectivity index (χ3n) is 3.81. The van der Waals surface area contributed by atoms with E-state index in [-0.39, 0.29) is 16.6 Å². The Hall–Kier alpha value is -2.91. The molecule has 156 valence electrons. The molecule has 0 aliphatic rings. The van der Waals surface area contributed by atoms with Crippen LogP contribution in [-0.4, -0.2) is 17.9 Å². The molecule has 0 unspecified atom stereocenters. The highest BCUT2D eigenvalue weighted by molar-refractivity contribution is 8.00. The summed E-state index contributed by atoms with van der Waals surface area (Å²) in [5, 5.41) is 2.14. The molecule has 3 aromatic rings. The van der Waals surface area contributed by atoms with Crippen molar-refractivity contribution in [1.82, 2.24) is 10.3 Å². The second kappa shape index (κ2) is 9.27. The Bertz CT molecular complexity index is 1050. The number of alkyl halides is 3. The molecule has 10 heteroatoms. The number of rotatable bonds is 6. The topological polar surface area (TPSA) is 63.2 Å². The molecule has 2 aromatic carbocycles. The first-order valence-electron chi connectivity index (χ1n) is 8.52. The maximum atomic E-state index is 13.0. The Kier molecular flexibility index (Phi) is 6.73. The summed E-state index contributed by atoms with van der Waals surface area (Å²) >= 11 is 6.66. The number of ether oxygens (including phenoxy) is 1. The highest BCUT2D eigenvalue weighted by atomic mass is 35.5. The lowest BCUT2D eigenvalue weighted by Gasteiger charge is -2.12. The number of nitrogens with one attached hydrogen (secondary N) is 2. The number of carbonyl (C=O) groups is 1. The van der Waals surface area contributed by atoms with Crippen molar-refractivity contribution in [2.24, 2.45) is 0 Å². The van der Waals surface area contributed by atoms with Gasteiger partial charge in [0, 0.05) is 29.9 Å².